The van der Waals surface area contributed by atoms with Crippen LogP contribution in [-0.2, 0) is 13.5 Å². The number of hydrogen-bond donors (Lipinski definition) is 0. The molecule has 25 heavy (non-hydrogen) atoms. The van der Waals surface area contributed by atoms with Crippen molar-refractivity contribution in [3.63, 3.8) is 0 Å². The van der Waals surface area contributed by atoms with Gasteiger partial charge in [0, 0.05) is 38.4 Å². The smallest absolute Gasteiger partial charge is 0.118 e. The fraction of sp³-hybridized carbons (Fsp3) is 0.476. The summed E-state index contributed by atoms with van der Waals surface area (Å²) in [7, 11) is 3.78. The molecule has 1 saturated heterocycles. The van der Waals surface area contributed by atoms with Crippen LogP contribution in [0.5, 0.6) is 5.75 Å². The van der Waals surface area contributed by atoms with Crippen LogP contribution in [0, 0.1) is 0 Å². The van der Waals surface area contributed by atoms with Crippen LogP contribution >= 0.6 is 0 Å². The third kappa shape index (κ3) is 4.95. The third-order valence-corrected chi connectivity index (χ3v) is 5.14. The Morgan fingerprint density at radius 3 is 2.80 bits per heavy atom. The molecule has 2 heterocycles. The van der Waals surface area contributed by atoms with Crippen LogP contribution in [0.25, 0.3) is 6.08 Å². The molecule has 0 bridgehead atoms. The van der Waals surface area contributed by atoms with Gasteiger partial charge in [0.2, 0.25) is 0 Å². The van der Waals surface area contributed by atoms with E-state index in [1.165, 1.54) is 43.6 Å². The van der Waals surface area contributed by atoms with E-state index >= 15 is 0 Å². The summed E-state index contributed by atoms with van der Waals surface area (Å²) < 4.78 is 7.35. The molecule has 0 N–H and O–H groups in total. The summed E-state index contributed by atoms with van der Waals surface area (Å²) in [6, 6.07) is 8.90. The van der Waals surface area contributed by atoms with Crippen LogP contribution in [0.1, 0.15) is 37.1 Å². The Kier molecular flexibility index (Phi) is 6.29. The maximum Gasteiger partial charge on any atom is 0.118 e. The second kappa shape index (κ2) is 8.86. The first-order chi connectivity index (χ1) is 12.3. The maximum absolute atomic E-state index is 5.21. The lowest BCUT2D eigenvalue weighted by molar-refractivity contribution is 0.156. The van der Waals surface area contributed by atoms with Gasteiger partial charge in [-0.25, -0.2) is 4.98 Å². The van der Waals surface area contributed by atoms with Gasteiger partial charge in [0.15, 0.2) is 0 Å². The first-order valence-electron chi connectivity index (χ1n) is 9.27. The first kappa shape index (κ1) is 17.7. The Labute approximate surface area is 151 Å². The zero-order chi connectivity index (χ0) is 17.5. The van der Waals surface area contributed by atoms with E-state index in [4.69, 9.17) is 4.74 Å². The second-order valence-corrected chi connectivity index (χ2v) is 6.81. The van der Waals surface area contributed by atoms with Gasteiger partial charge in [-0.2, -0.15) is 0 Å². The monoisotopic (exact) mass is 339 g/mol. The van der Waals surface area contributed by atoms with Gasteiger partial charge >= 0.3 is 0 Å². The number of hydrogen-bond acceptors (Lipinski definition) is 3. The van der Waals surface area contributed by atoms with Crippen LogP contribution in [0.3, 0.4) is 0 Å². The Bertz CT molecular complexity index is 675. The molecule has 4 nitrogen and oxygen atoms in total. The van der Waals surface area contributed by atoms with E-state index in [1.807, 2.05) is 24.5 Å². The van der Waals surface area contributed by atoms with Gasteiger partial charge < -0.3 is 9.30 Å². The van der Waals surface area contributed by atoms with E-state index in [2.05, 4.69) is 45.8 Å². The fourth-order valence-electron chi connectivity index (χ4n) is 3.60. The lowest BCUT2D eigenvalue weighted by Gasteiger charge is -2.35. The number of benzene rings is 1. The summed E-state index contributed by atoms with van der Waals surface area (Å²) in [4.78, 5) is 7.09. The molecule has 1 unspecified atom stereocenters. The number of likely N-dealkylation sites (tertiary alicyclic amines) is 1. The van der Waals surface area contributed by atoms with E-state index in [1.54, 1.807) is 7.11 Å². The van der Waals surface area contributed by atoms with Crippen molar-refractivity contribution in [1.29, 1.82) is 0 Å². The molecule has 1 fully saturated rings. The van der Waals surface area contributed by atoms with Crippen molar-refractivity contribution in [2.24, 2.45) is 7.05 Å². The van der Waals surface area contributed by atoms with Gasteiger partial charge in [-0.05, 0) is 43.5 Å². The number of aromatic nitrogens is 2. The molecule has 0 radical (unpaired) electrons. The lowest BCUT2D eigenvalue weighted by atomic mass is 9.97. The second-order valence-electron chi connectivity index (χ2n) is 6.81. The molecule has 134 valence electrons. The van der Waals surface area contributed by atoms with Crippen molar-refractivity contribution in [2.75, 3.05) is 20.2 Å². The molecule has 1 aromatic heterocycles. The lowest BCUT2D eigenvalue weighted by Crippen LogP contribution is -2.39. The molecule has 1 atom stereocenters. The highest BCUT2D eigenvalue weighted by Crippen LogP contribution is 2.21. The van der Waals surface area contributed by atoms with Crippen molar-refractivity contribution >= 4 is 6.08 Å². The highest BCUT2D eigenvalue weighted by molar-refractivity contribution is 5.50. The molecule has 1 aromatic carbocycles. The Hall–Kier alpha value is -2.07. The van der Waals surface area contributed by atoms with E-state index in [-0.39, 0.29) is 0 Å². The van der Waals surface area contributed by atoms with Crippen LogP contribution < -0.4 is 4.74 Å². The summed E-state index contributed by atoms with van der Waals surface area (Å²) in [5.74, 6) is 2.10. The molecule has 0 spiro atoms. The predicted octanol–water partition coefficient (Wildman–Crippen LogP) is 3.93. The molecule has 1 aliphatic heterocycles. The van der Waals surface area contributed by atoms with Crippen molar-refractivity contribution < 1.29 is 4.74 Å². The molecule has 3 rings (SSSR count). The third-order valence-electron chi connectivity index (χ3n) is 5.14. The van der Waals surface area contributed by atoms with Gasteiger partial charge in [0.1, 0.15) is 11.6 Å². The molecule has 0 amide bonds. The Morgan fingerprint density at radius 1 is 1.24 bits per heavy atom. The van der Waals surface area contributed by atoms with Gasteiger partial charge in [-0.1, -0.05) is 30.7 Å². The molecule has 0 aliphatic carbocycles. The minimum Gasteiger partial charge on any atom is -0.497 e. The Balaban J connectivity index is 1.53. The van der Waals surface area contributed by atoms with Gasteiger partial charge in [-0.15, -0.1) is 0 Å². The van der Waals surface area contributed by atoms with Crippen LogP contribution in [0.15, 0.2) is 42.7 Å². The Morgan fingerprint density at radius 2 is 2.08 bits per heavy atom. The van der Waals surface area contributed by atoms with Crippen LogP contribution in [0.4, 0.5) is 0 Å². The SMILES string of the molecule is COc1ccc(C=CCN2CCCCC2CCc2nccn2C)cc1. The zero-order valence-electron chi connectivity index (χ0n) is 15.4. The normalized spacial score (nSPS) is 18.7. The standard InChI is InChI=1S/C21H29N3O/c1-23-17-14-22-21(23)13-10-19-7-3-4-15-24(19)16-5-6-18-8-11-20(25-2)12-9-18/h5-6,8-9,11-12,14,17,19H,3-4,7,10,13,15-16H2,1-2H3. The molecule has 1 aliphatic rings. The highest BCUT2D eigenvalue weighted by Gasteiger charge is 2.21. The van der Waals surface area contributed by atoms with E-state index in [0.29, 0.717) is 6.04 Å². The van der Waals surface area contributed by atoms with Crippen molar-refractivity contribution in [3.8, 4) is 5.75 Å². The average Bonchev–Trinajstić information content (AvgIpc) is 3.06. The number of aryl methyl sites for hydroxylation is 2. The van der Waals surface area contributed by atoms with Crippen molar-refractivity contribution in [3.05, 3.63) is 54.1 Å². The zero-order valence-corrected chi connectivity index (χ0v) is 15.4. The number of piperidine rings is 1. The minimum absolute atomic E-state index is 0.672. The topological polar surface area (TPSA) is 30.3 Å². The summed E-state index contributed by atoms with van der Waals surface area (Å²) in [5.41, 5.74) is 1.22. The largest absolute Gasteiger partial charge is 0.497 e. The summed E-state index contributed by atoms with van der Waals surface area (Å²) in [5, 5.41) is 0. The van der Waals surface area contributed by atoms with Crippen LogP contribution in [-0.4, -0.2) is 40.7 Å². The average molecular weight is 339 g/mol. The molecule has 4 heteroatoms. The number of imidazole rings is 1. The molecule has 2 aromatic rings. The van der Waals surface area contributed by atoms with Gasteiger partial charge in [-0.3, -0.25) is 4.90 Å². The summed E-state index contributed by atoms with van der Waals surface area (Å²) in [6.07, 6.45) is 14.7. The van der Waals surface area contributed by atoms with E-state index in [9.17, 15) is 0 Å². The summed E-state index contributed by atoms with van der Waals surface area (Å²) >= 11 is 0. The molecular weight excluding hydrogens is 310 g/mol. The van der Waals surface area contributed by atoms with Crippen molar-refractivity contribution in [1.82, 2.24) is 14.5 Å². The molecule has 0 saturated carbocycles. The first-order valence-corrected chi connectivity index (χ1v) is 9.27. The van der Waals surface area contributed by atoms with Gasteiger partial charge in [0.05, 0.1) is 7.11 Å². The number of rotatable bonds is 7. The number of methoxy groups -OCH3 is 1. The molecular formula is C21H29N3O. The number of nitrogens with zero attached hydrogens (tertiary/aromatic N) is 3. The van der Waals surface area contributed by atoms with Crippen LogP contribution in [0.2, 0.25) is 0 Å². The summed E-state index contributed by atoms with van der Waals surface area (Å²) in [6.45, 7) is 2.23. The number of ether oxygens (including phenoxy) is 1. The quantitative estimate of drug-likeness (QED) is 0.766. The fourth-order valence-corrected chi connectivity index (χ4v) is 3.60. The van der Waals surface area contributed by atoms with Crippen molar-refractivity contribution in [2.45, 2.75) is 38.1 Å². The minimum atomic E-state index is 0.672. The van der Waals surface area contributed by atoms with Gasteiger partial charge in [0.25, 0.3) is 0 Å². The highest BCUT2D eigenvalue weighted by atomic mass is 16.5. The van der Waals surface area contributed by atoms with E-state index < -0.39 is 0 Å². The predicted molar refractivity (Wildman–Crippen MR) is 103 cm³/mol. The van der Waals surface area contributed by atoms with E-state index in [0.717, 1.165) is 18.7 Å². The maximum atomic E-state index is 5.21.